The van der Waals surface area contributed by atoms with E-state index in [1.165, 1.54) is 69.8 Å². The minimum absolute atomic E-state index is 0.806. The summed E-state index contributed by atoms with van der Waals surface area (Å²) in [5.41, 5.74) is 1.36. The molecule has 1 aromatic heterocycles. The maximum absolute atomic E-state index is 4.35. The van der Waals surface area contributed by atoms with Crippen molar-refractivity contribution in [1.29, 1.82) is 0 Å². The predicted octanol–water partition coefficient (Wildman–Crippen LogP) is 5.31. The fourth-order valence-corrected chi connectivity index (χ4v) is 4.55. The summed E-state index contributed by atoms with van der Waals surface area (Å²) in [7, 11) is 0. The molecule has 0 saturated heterocycles. The number of aromatic nitrogens is 1. The van der Waals surface area contributed by atoms with Gasteiger partial charge in [0.05, 0.1) is 0 Å². The summed E-state index contributed by atoms with van der Waals surface area (Å²) in [5.74, 6) is 0. The van der Waals surface area contributed by atoms with E-state index in [-0.39, 0.29) is 0 Å². The third-order valence-corrected chi connectivity index (χ3v) is 5.65. The fourth-order valence-electron chi connectivity index (χ4n) is 4.13. The van der Waals surface area contributed by atoms with E-state index in [1.54, 1.807) is 0 Å². The second-order valence-electron chi connectivity index (χ2n) is 6.77. The SMILES string of the molecule is Brc1cncc(CN(C2CCCCC2)C2CCCCC2)c1. The van der Waals surface area contributed by atoms with Gasteiger partial charge in [0.1, 0.15) is 0 Å². The molecule has 2 saturated carbocycles. The van der Waals surface area contributed by atoms with Gasteiger partial charge in [-0.15, -0.1) is 0 Å². The Bertz CT molecular complexity index is 419. The third kappa shape index (κ3) is 4.29. The van der Waals surface area contributed by atoms with Crippen LogP contribution < -0.4 is 0 Å². The Kier molecular flexibility index (Phi) is 5.70. The van der Waals surface area contributed by atoms with Crippen molar-refractivity contribution in [3.05, 3.63) is 28.5 Å². The number of hydrogen-bond acceptors (Lipinski definition) is 2. The van der Waals surface area contributed by atoms with Crippen molar-refractivity contribution in [1.82, 2.24) is 9.88 Å². The van der Waals surface area contributed by atoms with Crippen LogP contribution in [0.1, 0.15) is 69.8 Å². The quantitative estimate of drug-likeness (QED) is 0.731. The van der Waals surface area contributed by atoms with Gasteiger partial charge in [-0.25, -0.2) is 0 Å². The van der Waals surface area contributed by atoms with Crippen LogP contribution in [-0.2, 0) is 6.54 Å². The van der Waals surface area contributed by atoms with Gasteiger partial charge < -0.3 is 0 Å². The Hall–Kier alpha value is -0.410. The lowest BCUT2D eigenvalue weighted by Crippen LogP contribution is -2.44. The fraction of sp³-hybridized carbons (Fsp3) is 0.722. The highest BCUT2D eigenvalue weighted by atomic mass is 79.9. The monoisotopic (exact) mass is 350 g/mol. The molecule has 0 amide bonds. The molecule has 2 nitrogen and oxygen atoms in total. The molecule has 116 valence electrons. The van der Waals surface area contributed by atoms with Crippen LogP contribution in [0.15, 0.2) is 22.9 Å². The lowest BCUT2D eigenvalue weighted by molar-refractivity contribution is 0.0730. The van der Waals surface area contributed by atoms with Gasteiger partial charge in [-0.2, -0.15) is 0 Å². The first kappa shape index (κ1) is 15.5. The molecule has 1 heterocycles. The molecule has 0 unspecified atom stereocenters. The van der Waals surface area contributed by atoms with Crippen molar-refractivity contribution >= 4 is 15.9 Å². The molecule has 0 N–H and O–H groups in total. The van der Waals surface area contributed by atoms with Gasteiger partial charge in [0.15, 0.2) is 0 Å². The van der Waals surface area contributed by atoms with Crippen LogP contribution in [-0.4, -0.2) is 22.0 Å². The largest absolute Gasteiger partial charge is 0.293 e. The molecule has 0 atom stereocenters. The summed E-state index contributed by atoms with van der Waals surface area (Å²) in [6.45, 7) is 1.09. The number of halogens is 1. The van der Waals surface area contributed by atoms with Crippen molar-refractivity contribution in [2.24, 2.45) is 0 Å². The van der Waals surface area contributed by atoms with Crippen molar-refractivity contribution < 1.29 is 0 Å². The average molecular weight is 351 g/mol. The van der Waals surface area contributed by atoms with E-state index in [1.807, 2.05) is 12.4 Å². The lowest BCUT2D eigenvalue weighted by atomic mass is 9.88. The topological polar surface area (TPSA) is 16.1 Å². The highest BCUT2D eigenvalue weighted by molar-refractivity contribution is 9.10. The summed E-state index contributed by atoms with van der Waals surface area (Å²) in [4.78, 5) is 7.19. The van der Waals surface area contributed by atoms with Crippen LogP contribution in [0.25, 0.3) is 0 Å². The summed E-state index contributed by atoms with van der Waals surface area (Å²) in [5, 5.41) is 0. The van der Waals surface area contributed by atoms with Crippen LogP contribution in [0.3, 0.4) is 0 Å². The Morgan fingerprint density at radius 1 is 0.905 bits per heavy atom. The summed E-state index contributed by atoms with van der Waals surface area (Å²) in [6.07, 6.45) is 18.1. The van der Waals surface area contributed by atoms with Crippen LogP contribution in [0.4, 0.5) is 0 Å². The summed E-state index contributed by atoms with van der Waals surface area (Å²) < 4.78 is 1.10. The maximum Gasteiger partial charge on any atom is 0.0410 e. The van der Waals surface area contributed by atoms with Gasteiger partial charge in [-0.3, -0.25) is 9.88 Å². The predicted molar refractivity (Wildman–Crippen MR) is 91.2 cm³/mol. The molecular weight excluding hydrogens is 324 g/mol. The molecule has 2 aliphatic carbocycles. The summed E-state index contributed by atoms with van der Waals surface area (Å²) >= 11 is 3.56. The van der Waals surface area contributed by atoms with Crippen LogP contribution in [0, 0.1) is 0 Å². The average Bonchev–Trinajstić information content (AvgIpc) is 2.54. The van der Waals surface area contributed by atoms with Gasteiger partial charge in [0.2, 0.25) is 0 Å². The van der Waals surface area contributed by atoms with E-state index in [2.05, 4.69) is 31.9 Å². The van der Waals surface area contributed by atoms with Crippen LogP contribution >= 0.6 is 15.9 Å². The Morgan fingerprint density at radius 3 is 2.00 bits per heavy atom. The molecule has 0 aromatic carbocycles. The first-order valence-electron chi connectivity index (χ1n) is 8.68. The normalized spacial score (nSPS) is 21.8. The van der Waals surface area contributed by atoms with E-state index < -0.39 is 0 Å². The van der Waals surface area contributed by atoms with Gasteiger partial charge in [-0.1, -0.05) is 38.5 Å². The first-order valence-corrected chi connectivity index (χ1v) is 9.47. The first-order chi connectivity index (χ1) is 10.3. The lowest BCUT2D eigenvalue weighted by Gasteiger charge is -2.41. The van der Waals surface area contributed by atoms with E-state index in [0.717, 1.165) is 23.1 Å². The van der Waals surface area contributed by atoms with Crippen molar-refractivity contribution in [3.8, 4) is 0 Å². The van der Waals surface area contributed by atoms with Crippen molar-refractivity contribution in [2.45, 2.75) is 82.8 Å². The zero-order chi connectivity index (χ0) is 14.5. The van der Waals surface area contributed by atoms with Crippen LogP contribution in [0.2, 0.25) is 0 Å². The molecule has 1 aromatic rings. The highest BCUT2D eigenvalue weighted by Gasteiger charge is 2.28. The van der Waals surface area contributed by atoms with Gasteiger partial charge in [0.25, 0.3) is 0 Å². The zero-order valence-corrected chi connectivity index (χ0v) is 14.5. The molecule has 0 radical (unpaired) electrons. The molecule has 3 heteroatoms. The minimum Gasteiger partial charge on any atom is -0.293 e. The molecule has 2 fully saturated rings. The number of hydrogen-bond donors (Lipinski definition) is 0. The molecule has 3 rings (SSSR count). The minimum atomic E-state index is 0.806. The summed E-state index contributed by atoms with van der Waals surface area (Å²) in [6, 6.07) is 3.85. The molecule has 0 spiro atoms. The van der Waals surface area contributed by atoms with E-state index in [0.29, 0.717) is 0 Å². The zero-order valence-electron chi connectivity index (χ0n) is 12.9. The second kappa shape index (κ2) is 7.73. The molecule has 21 heavy (non-hydrogen) atoms. The Morgan fingerprint density at radius 2 is 1.48 bits per heavy atom. The third-order valence-electron chi connectivity index (χ3n) is 5.21. The standard InChI is InChI=1S/C18H27BrN2/c19-16-11-15(12-20-13-16)14-21(17-7-3-1-4-8-17)18-9-5-2-6-10-18/h11-13,17-18H,1-10,14H2. The van der Waals surface area contributed by atoms with E-state index in [9.17, 15) is 0 Å². The highest BCUT2D eigenvalue weighted by Crippen LogP contribution is 2.31. The smallest absolute Gasteiger partial charge is 0.0410 e. The van der Waals surface area contributed by atoms with E-state index >= 15 is 0 Å². The van der Waals surface area contributed by atoms with Gasteiger partial charge in [0, 0.05) is 35.5 Å². The van der Waals surface area contributed by atoms with Crippen molar-refractivity contribution in [2.75, 3.05) is 0 Å². The Labute approximate surface area is 137 Å². The molecular formula is C18H27BrN2. The van der Waals surface area contributed by atoms with Crippen molar-refractivity contribution in [3.63, 3.8) is 0 Å². The van der Waals surface area contributed by atoms with Gasteiger partial charge >= 0.3 is 0 Å². The number of nitrogens with zero attached hydrogens (tertiary/aromatic N) is 2. The number of rotatable bonds is 4. The van der Waals surface area contributed by atoms with E-state index in [4.69, 9.17) is 0 Å². The Balaban J connectivity index is 1.73. The second-order valence-corrected chi connectivity index (χ2v) is 7.68. The molecule has 2 aliphatic rings. The number of pyridine rings is 1. The molecule has 0 bridgehead atoms. The maximum atomic E-state index is 4.35. The van der Waals surface area contributed by atoms with Gasteiger partial charge in [-0.05, 0) is 53.2 Å². The van der Waals surface area contributed by atoms with Crippen LogP contribution in [0.5, 0.6) is 0 Å². The molecule has 0 aliphatic heterocycles.